The molecule has 1 atom stereocenters. The van der Waals surface area contributed by atoms with Crippen molar-refractivity contribution in [2.75, 3.05) is 20.2 Å². The molecule has 0 aliphatic rings. The van der Waals surface area contributed by atoms with Gasteiger partial charge in [0.15, 0.2) is 0 Å². The summed E-state index contributed by atoms with van der Waals surface area (Å²) in [6.45, 7) is 4.92. The molecule has 0 heterocycles. The molecule has 0 saturated carbocycles. The summed E-state index contributed by atoms with van der Waals surface area (Å²) in [5.74, 6) is 0.823. The van der Waals surface area contributed by atoms with Crippen molar-refractivity contribution in [2.45, 2.75) is 26.3 Å². The van der Waals surface area contributed by atoms with Crippen LogP contribution in [0.2, 0.25) is 0 Å². The van der Waals surface area contributed by atoms with Gasteiger partial charge in [-0.3, -0.25) is 4.79 Å². The number of benzene rings is 1. The van der Waals surface area contributed by atoms with Gasteiger partial charge in [0.1, 0.15) is 12.4 Å². The maximum atomic E-state index is 11.7. The van der Waals surface area contributed by atoms with E-state index in [4.69, 9.17) is 10.5 Å². The Balaban J connectivity index is 2.38. The van der Waals surface area contributed by atoms with E-state index in [9.17, 15) is 4.79 Å². The van der Waals surface area contributed by atoms with Gasteiger partial charge in [-0.1, -0.05) is 25.1 Å². The molecule has 1 unspecified atom stereocenters. The van der Waals surface area contributed by atoms with Crippen molar-refractivity contribution in [3.8, 4) is 5.75 Å². The minimum atomic E-state index is -0.409. The lowest BCUT2D eigenvalue weighted by Crippen LogP contribution is -2.42. The van der Waals surface area contributed by atoms with Crippen molar-refractivity contribution in [1.29, 1.82) is 0 Å². The second-order valence-corrected chi connectivity index (χ2v) is 4.39. The molecule has 0 aromatic heterocycles. The molecule has 2 N–H and O–H groups in total. The van der Waals surface area contributed by atoms with Crippen molar-refractivity contribution in [3.63, 3.8) is 0 Å². The number of rotatable bonds is 6. The number of carbonyl (C=O) groups excluding carboxylic acids is 1. The molecule has 0 aliphatic carbocycles. The van der Waals surface area contributed by atoms with Crippen LogP contribution in [0.1, 0.15) is 18.9 Å². The first-order chi connectivity index (χ1) is 8.56. The Labute approximate surface area is 109 Å². The highest BCUT2D eigenvalue weighted by molar-refractivity contribution is 5.81. The molecular formula is C14H22N2O2. The first-order valence-electron chi connectivity index (χ1n) is 6.25. The molecule has 1 aromatic rings. The second kappa shape index (κ2) is 7.01. The molecule has 0 fully saturated rings. The van der Waals surface area contributed by atoms with E-state index in [0.717, 1.165) is 11.3 Å². The number of hydrogen-bond donors (Lipinski definition) is 1. The van der Waals surface area contributed by atoms with E-state index in [2.05, 4.69) is 0 Å². The topological polar surface area (TPSA) is 55.6 Å². The van der Waals surface area contributed by atoms with Crippen molar-refractivity contribution in [3.05, 3.63) is 29.8 Å². The molecule has 0 bridgehead atoms. The Morgan fingerprint density at radius 2 is 2.11 bits per heavy atom. The quantitative estimate of drug-likeness (QED) is 0.833. The number of nitrogens with zero attached hydrogens (tertiary/aromatic N) is 1. The fourth-order valence-corrected chi connectivity index (χ4v) is 1.58. The summed E-state index contributed by atoms with van der Waals surface area (Å²) in [5.41, 5.74) is 6.79. The molecule has 1 rings (SSSR count). The molecule has 100 valence electrons. The third-order valence-corrected chi connectivity index (χ3v) is 2.91. The lowest BCUT2D eigenvalue weighted by molar-refractivity contribution is -0.131. The Morgan fingerprint density at radius 3 is 2.72 bits per heavy atom. The van der Waals surface area contributed by atoms with Gasteiger partial charge in [-0.15, -0.1) is 0 Å². The summed E-state index contributed by atoms with van der Waals surface area (Å²) in [4.78, 5) is 13.3. The van der Waals surface area contributed by atoms with Crippen molar-refractivity contribution in [2.24, 2.45) is 5.73 Å². The molecule has 4 heteroatoms. The maximum Gasteiger partial charge on any atom is 0.239 e. The van der Waals surface area contributed by atoms with Gasteiger partial charge < -0.3 is 15.4 Å². The number of likely N-dealkylation sites (N-methyl/N-ethyl adjacent to an activating group) is 1. The van der Waals surface area contributed by atoms with Crippen LogP contribution >= 0.6 is 0 Å². The number of amides is 1. The first kappa shape index (κ1) is 14.5. The average Bonchev–Trinajstić information content (AvgIpc) is 2.39. The predicted molar refractivity (Wildman–Crippen MR) is 72.6 cm³/mol. The summed E-state index contributed by atoms with van der Waals surface area (Å²) in [7, 11) is 1.75. The molecular weight excluding hydrogens is 228 g/mol. The highest BCUT2D eigenvalue weighted by atomic mass is 16.5. The van der Waals surface area contributed by atoms with Crippen LogP contribution < -0.4 is 10.5 Å². The van der Waals surface area contributed by atoms with Gasteiger partial charge in [-0.05, 0) is 25.0 Å². The average molecular weight is 250 g/mol. The first-order valence-corrected chi connectivity index (χ1v) is 6.25. The summed E-state index contributed by atoms with van der Waals surface area (Å²) >= 11 is 0. The highest BCUT2D eigenvalue weighted by Gasteiger charge is 2.15. The van der Waals surface area contributed by atoms with E-state index in [1.165, 1.54) is 0 Å². The zero-order valence-corrected chi connectivity index (χ0v) is 11.3. The Morgan fingerprint density at radius 1 is 1.44 bits per heavy atom. The van der Waals surface area contributed by atoms with Gasteiger partial charge in [0.2, 0.25) is 5.91 Å². The summed E-state index contributed by atoms with van der Waals surface area (Å²) < 4.78 is 5.64. The lowest BCUT2D eigenvalue weighted by Gasteiger charge is -2.20. The van der Waals surface area contributed by atoms with Crippen LogP contribution in [0.5, 0.6) is 5.75 Å². The van der Waals surface area contributed by atoms with Crippen LogP contribution in [-0.4, -0.2) is 37.0 Å². The molecule has 0 aliphatic heterocycles. The van der Waals surface area contributed by atoms with Crippen molar-refractivity contribution in [1.82, 2.24) is 4.90 Å². The van der Waals surface area contributed by atoms with Crippen LogP contribution in [0, 0.1) is 6.92 Å². The minimum Gasteiger partial charge on any atom is -0.491 e. The highest BCUT2D eigenvalue weighted by Crippen LogP contribution is 2.15. The number of carbonyl (C=O) groups is 1. The van der Waals surface area contributed by atoms with Crippen molar-refractivity contribution < 1.29 is 9.53 Å². The van der Waals surface area contributed by atoms with Crippen LogP contribution in [0.4, 0.5) is 0 Å². The smallest absolute Gasteiger partial charge is 0.239 e. The second-order valence-electron chi connectivity index (χ2n) is 4.39. The number of nitrogens with two attached hydrogens (primary N) is 1. The normalized spacial score (nSPS) is 12.0. The summed E-state index contributed by atoms with van der Waals surface area (Å²) in [5, 5.41) is 0. The minimum absolute atomic E-state index is 0.0362. The summed E-state index contributed by atoms with van der Waals surface area (Å²) in [6.07, 6.45) is 0.655. The van der Waals surface area contributed by atoms with Gasteiger partial charge in [-0.25, -0.2) is 0 Å². The van der Waals surface area contributed by atoms with Crippen LogP contribution in [0.3, 0.4) is 0 Å². The molecule has 0 saturated heterocycles. The predicted octanol–water partition coefficient (Wildman–Crippen LogP) is 1.57. The Hall–Kier alpha value is -1.55. The van der Waals surface area contributed by atoms with Gasteiger partial charge in [-0.2, -0.15) is 0 Å². The standard InChI is InChI=1S/C14H22N2O2/c1-4-12(15)14(17)16(3)9-10-18-13-8-6-5-7-11(13)2/h5-8,12H,4,9-10,15H2,1-3H3. The van der Waals surface area contributed by atoms with Crippen LogP contribution in [0.25, 0.3) is 0 Å². The molecule has 1 aromatic carbocycles. The molecule has 0 spiro atoms. The maximum absolute atomic E-state index is 11.7. The van der Waals surface area contributed by atoms with E-state index in [-0.39, 0.29) is 5.91 Å². The van der Waals surface area contributed by atoms with Gasteiger partial charge in [0.25, 0.3) is 0 Å². The van der Waals surface area contributed by atoms with E-state index in [1.54, 1.807) is 11.9 Å². The summed E-state index contributed by atoms with van der Waals surface area (Å²) in [6, 6.07) is 7.42. The Kier molecular flexibility index (Phi) is 5.65. The lowest BCUT2D eigenvalue weighted by atomic mass is 10.2. The monoisotopic (exact) mass is 250 g/mol. The van der Waals surface area contributed by atoms with E-state index in [0.29, 0.717) is 19.6 Å². The molecule has 4 nitrogen and oxygen atoms in total. The number of ether oxygens (including phenoxy) is 1. The van der Waals surface area contributed by atoms with Crippen LogP contribution in [0.15, 0.2) is 24.3 Å². The third kappa shape index (κ3) is 4.04. The van der Waals surface area contributed by atoms with Crippen LogP contribution in [-0.2, 0) is 4.79 Å². The van der Waals surface area contributed by atoms with Gasteiger partial charge in [0.05, 0.1) is 12.6 Å². The van der Waals surface area contributed by atoms with Gasteiger partial charge in [0, 0.05) is 7.05 Å². The zero-order chi connectivity index (χ0) is 13.5. The molecule has 1 amide bonds. The van der Waals surface area contributed by atoms with E-state index in [1.807, 2.05) is 38.1 Å². The largest absolute Gasteiger partial charge is 0.491 e. The number of para-hydroxylation sites is 1. The zero-order valence-electron chi connectivity index (χ0n) is 11.3. The van der Waals surface area contributed by atoms with E-state index < -0.39 is 6.04 Å². The van der Waals surface area contributed by atoms with Gasteiger partial charge >= 0.3 is 0 Å². The fraction of sp³-hybridized carbons (Fsp3) is 0.500. The number of hydrogen-bond acceptors (Lipinski definition) is 3. The van der Waals surface area contributed by atoms with E-state index >= 15 is 0 Å². The molecule has 0 radical (unpaired) electrons. The van der Waals surface area contributed by atoms with Crippen molar-refractivity contribution >= 4 is 5.91 Å². The number of aryl methyl sites for hydroxylation is 1. The molecule has 18 heavy (non-hydrogen) atoms. The fourth-order valence-electron chi connectivity index (χ4n) is 1.58. The SMILES string of the molecule is CCC(N)C(=O)N(C)CCOc1ccccc1C. The third-order valence-electron chi connectivity index (χ3n) is 2.91. The Bertz CT molecular complexity index is 393.